The van der Waals surface area contributed by atoms with Gasteiger partial charge in [-0.15, -0.1) is 6.58 Å². The molecule has 0 unspecified atom stereocenters. The Labute approximate surface area is 119 Å². The highest BCUT2D eigenvalue weighted by molar-refractivity contribution is 5.83. The van der Waals surface area contributed by atoms with Crippen LogP contribution in [0, 0.1) is 0 Å². The molecular weight excluding hydrogens is 244 g/mol. The van der Waals surface area contributed by atoms with Crippen molar-refractivity contribution in [1.29, 1.82) is 0 Å². The maximum absolute atomic E-state index is 4.53. The second kappa shape index (κ2) is 5.57. The Morgan fingerprint density at radius 2 is 1.70 bits per heavy atom. The molecule has 0 N–H and O–H groups in total. The molecule has 2 nitrogen and oxygen atoms in total. The van der Waals surface area contributed by atoms with E-state index < -0.39 is 0 Å². The van der Waals surface area contributed by atoms with E-state index in [1.807, 2.05) is 48.7 Å². The summed E-state index contributed by atoms with van der Waals surface area (Å²) >= 11 is 0. The summed E-state index contributed by atoms with van der Waals surface area (Å²) in [4.78, 5) is 6.73. The lowest BCUT2D eigenvalue weighted by atomic mass is 10.2. The van der Waals surface area contributed by atoms with Gasteiger partial charge in [-0.25, -0.2) is 0 Å². The van der Waals surface area contributed by atoms with E-state index in [-0.39, 0.29) is 0 Å². The summed E-state index contributed by atoms with van der Waals surface area (Å²) in [7, 11) is 0. The van der Waals surface area contributed by atoms with Gasteiger partial charge in [0.05, 0.1) is 17.4 Å². The Balaban J connectivity index is 2.07. The van der Waals surface area contributed by atoms with Gasteiger partial charge in [0.15, 0.2) is 0 Å². The molecule has 0 aliphatic rings. The second-order valence-corrected chi connectivity index (χ2v) is 4.62. The smallest absolute Gasteiger partial charge is 0.0703 e. The summed E-state index contributed by atoms with van der Waals surface area (Å²) in [6.45, 7) is 4.61. The Bertz CT molecular complexity index is 720. The number of rotatable bonds is 4. The summed E-state index contributed by atoms with van der Waals surface area (Å²) in [6.07, 6.45) is 3.82. The summed E-state index contributed by atoms with van der Waals surface area (Å²) in [5.41, 5.74) is 3.24. The fourth-order valence-corrected chi connectivity index (χ4v) is 2.30. The van der Waals surface area contributed by atoms with Crippen molar-refractivity contribution in [3.05, 3.63) is 79.5 Å². The molecule has 2 aromatic carbocycles. The molecule has 0 aliphatic heterocycles. The summed E-state index contributed by atoms with van der Waals surface area (Å²) in [6, 6.07) is 20.6. The van der Waals surface area contributed by atoms with Gasteiger partial charge in [-0.3, -0.25) is 4.98 Å². The molecule has 1 aromatic heterocycles. The SMILES string of the molecule is C=CCN(c1ccccc1)c1cnc2ccccc2c1. The van der Waals surface area contributed by atoms with Gasteiger partial charge >= 0.3 is 0 Å². The highest BCUT2D eigenvalue weighted by Crippen LogP contribution is 2.26. The lowest BCUT2D eigenvalue weighted by Gasteiger charge is -2.23. The van der Waals surface area contributed by atoms with Crippen molar-refractivity contribution in [2.45, 2.75) is 0 Å². The molecule has 3 aromatic rings. The first-order valence-corrected chi connectivity index (χ1v) is 6.67. The molecule has 0 radical (unpaired) electrons. The minimum absolute atomic E-state index is 0.754. The molecular formula is C18H16N2. The summed E-state index contributed by atoms with van der Waals surface area (Å²) < 4.78 is 0. The first-order chi connectivity index (χ1) is 9.88. The van der Waals surface area contributed by atoms with Gasteiger partial charge in [0.2, 0.25) is 0 Å². The predicted molar refractivity (Wildman–Crippen MR) is 85.4 cm³/mol. The average molecular weight is 260 g/mol. The van der Waals surface area contributed by atoms with Gasteiger partial charge in [0.25, 0.3) is 0 Å². The fourth-order valence-electron chi connectivity index (χ4n) is 2.30. The zero-order valence-electron chi connectivity index (χ0n) is 11.2. The minimum atomic E-state index is 0.754. The Morgan fingerprint density at radius 3 is 2.50 bits per heavy atom. The van der Waals surface area contributed by atoms with Gasteiger partial charge in [0, 0.05) is 17.6 Å². The third-order valence-corrected chi connectivity index (χ3v) is 3.27. The van der Waals surface area contributed by atoms with E-state index in [9.17, 15) is 0 Å². The quantitative estimate of drug-likeness (QED) is 0.639. The summed E-state index contributed by atoms with van der Waals surface area (Å²) in [5.74, 6) is 0. The third-order valence-electron chi connectivity index (χ3n) is 3.27. The molecule has 0 aliphatic carbocycles. The highest BCUT2D eigenvalue weighted by Gasteiger charge is 2.08. The Morgan fingerprint density at radius 1 is 0.950 bits per heavy atom. The lowest BCUT2D eigenvalue weighted by molar-refractivity contribution is 1.09. The molecule has 2 heteroatoms. The molecule has 0 spiro atoms. The molecule has 3 rings (SSSR count). The van der Waals surface area contributed by atoms with Crippen LogP contribution in [-0.4, -0.2) is 11.5 Å². The third kappa shape index (κ3) is 2.41. The number of nitrogens with zero attached hydrogens (tertiary/aromatic N) is 2. The van der Waals surface area contributed by atoms with E-state index in [2.05, 4.69) is 40.7 Å². The maximum atomic E-state index is 4.53. The molecule has 0 amide bonds. The zero-order valence-corrected chi connectivity index (χ0v) is 11.2. The summed E-state index contributed by atoms with van der Waals surface area (Å²) in [5, 5.41) is 1.15. The highest BCUT2D eigenvalue weighted by atomic mass is 15.1. The molecule has 0 atom stereocenters. The largest absolute Gasteiger partial charge is 0.336 e. The van der Waals surface area contributed by atoms with Crippen LogP contribution in [0.15, 0.2) is 79.5 Å². The van der Waals surface area contributed by atoms with Crippen LogP contribution in [-0.2, 0) is 0 Å². The van der Waals surface area contributed by atoms with Crippen LogP contribution >= 0.6 is 0 Å². The van der Waals surface area contributed by atoms with Gasteiger partial charge in [-0.2, -0.15) is 0 Å². The average Bonchev–Trinajstić information content (AvgIpc) is 2.53. The van der Waals surface area contributed by atoms with Crippen molar-refractivity contribution in [2.24, 2.45) is 0 Å². The van der Waals surface area contributed by atoms with Crippen molar-refractivity contribution in [3.8, 4) is 0 Å². The first-order valence-electron chi connectivity index (χ1n) is 6.67. The van der Waals surface area contributed by atoms with Crippen LogP contribution in [0.2, 0.25) is 0 Å². The number of anilines is 2. The molecule has 0 fully saturated rings. The van der Waals surface area contributed by atoms with Crippen LogP contribution < -0.4 is 4.90 Å². The van der Waals surface area contributed by atoms with Crippen molar-refractivity contribution in [3.63, 3.8) is 0 Å². The lowest BCUT2D eigenvalue weighted by Crippen LogP contribution is -2.16. The van der Waals surface area contributed by atoms with Crippen molar-refractivity contribution < 1.29 is 0 Å². The fraction of sp³-hybridized carbons (Fsp3) is 0.0556. The number of benzene rings is 2. The predicted octanol–water partition coefficient (Wildman–Crippen LogP) is 4.56. The molecule has 0 saturated carbocycles. The number of hydrogen-bond acceptors (Lipinski definition) is 2. The van der Waals surface area contributed by atoms with Crippen LogP contribution in [0.1, 0.15) is 0 Å². The van der Waals surface area contributed by atoms with Gasteiger partial charge in [-0.1, -0.05) is 42.5 Å². The van der Waals surface area contributed by atoms with E-state index in [4.69, 9.17) is 0 Å². The Hall–Kier alpha value is -2.61. The number of aromatic nitrogens is 1. The molecule has 20 heavy (non-hydrogen) atoms. The molecule has 0 saturated heterocycles. The van der Waals surface area contributed by atoms with Crippen molar-refractivity contribution in [2.75, 3.05) is 11.4 Å². The van der Waals surface area contributed by atoms with Crippen molar-refractivity contribution >= 4 is 22.3 Å². The van der Waals surface area contributed by atoms with Gasteiger partial charge in [-0.05, 0) is 24.3 Å². The minimum Gasteiger partial charge on any atom is -0.336 e. The second-order valence-electron chi connectivity index (χ2n) is 4.62. The van der Waals surface area contributed by atoms with Crippen LogP contribution in [0.4, 0.5) is 11.4 Å². The van der Waals surface area contributed by atoms with Crippen LogP contribution in [0.5, 0.6) is 0 Å². The Kier molecular flexibility index (Phi) is 3.46. The van der Waals surface area contributed by atoms with E-state index in [1.165, 1.54) is 0 Å². The van der Waals surface area contributed by atoms with Crippen LogP contribution in [0.25, 0.3) is 10.9 Å². The molecule has 1 heterocycles. The van der Waals surface area contributed by atoms with Gasteiger partial charge in [0.1, 0.15) is 0 Å². The first kappa shape index (κ1) is 12.4. The topological polar surface area (TPSA) is 16.1 Å². The number of pyridine rings is 1. The van der Waals surface area contributed by atoms with E-state index >= 15 is 0 Å². The molecule has 98 valence electrons. The van der Waals surface area contributed by atoms with E-state index in [0.717, 1.165) is 28.8 Å². The van der Waals surface area contributed by atoms with E-state index in [1.54, 1.807) is 0 Å². The monoisotopic (exact) mass is 260 g/mol. The maximum Gasteiger partial charge on any atom is 0.0703 e. The van der Waals surface area contributed by atoms with Crippen molar-refractivity contribution in [1.82, 2.24) is 4.98 Å². The zero-order chi connectivity index (χ0) is 13.8. The van der Waals surface area contributed by atoms with E-state index in [0.29, 0.717) is 0 Å². The number of hydrogen-bond donors (Lipinski definition) is 0. The normalized spacial score (nSPS) is 10.4. The number of para-hydroxylation sites is 2. The van der Waals surface area contributed by atoms with Gasteiger partial charge < -0.3 is 4.90 Å². The number of fused-ring (bicyclic) bond motifs is 1. The molecule has 0 bridgehead atoms. The standard InChI is InChI=1S/C18H16N2/c1-2-12-20(16-9-4-3-5-10-16)17-13-15-8-6-7-11-18(15)19-14-17/h2-11,13-14H,1,12H2. The van der Waals surface area contributed by atoms with Crippen LogP contribution in [0.3, 0.4) is 0 Å².